The number of rotatable bonds is 9. The maximum atomic E-state index is 13.3. The molecule has 0 radical (unpaired) electrons. The van der Waals surface area contributed by atoms with Gasteiger partial charge >= 0.3 is 5.97 Å². The van der Waals surface area contributed by atoms with Crippen LogP contribution in [0, 0.1) is 17.6 Å². The Hall–Kier alpha value is -2.18. The molecular formula is C16H21F2NO4. The number of carboxylic acid groups (broad SMARTS) is 1. The number of carbonyl (C=O) groups is 2. The average Bonchev–Trinajstić information content (AvgIpc) is 2.43. The highest BCUT2D eigenvalue weighted by molar-refractivity contribution is 5.81. The van der Waals surface area contributed by atoms with Gasteiger partial charge in [-0.1, -0.05) is 13.8 Å². The zero-order valence-electron chi connectivity index (χ0n) is 13.2. The van der Waals surface area contributed by atoms with E-state index < -0.39 is 17.6 Å². The van der Waals surface area contributed by atoms with Gasteiger partial charge in [0.15, 0.2) is 11.6 Å². The van der Waals surface area contributed by atoms with Crippen molar-refractivity contribution in [2.24, 2.45) is 5.92 Å². The van der Waals surface area contributed by atoms with Gasteiger partial charge in [-0.05, 0) is 24.5 Å². The van der Waals surface area contributed by atoms with Crippen LogP contribution in [0.5, 0.6) is 5.75 Å². The van der Waals surface area contributed by atoms with Crippen molar-refractivity contribution in [1.29, 1.82) is 0 Å². The molecule has 23 heavy (non-hydrogen) atoms. The fraction of sp³-hybridized carbons (Fsp3) is 0.500. The molecule has 0 spiro atoms. The Morgan fingerprint density at radius 1 is 1.30 bits per heavy atom. The molecule has 0 fully saturated rings. The van der Waals surface area contributed by atoms with E-state index in [1.807, 2.05) is 13.8 Å². The smallest absolute Gasteiger partial charge is 0.323 e. The molecule has 0 heterocycles. The van der Waals surface area contributed by atoms with Crippen LogP contribution in [0.3, 0.4) is 0 Å². The van der Waals surface area contributed by atoms with E-state index in [4.69, 9.17) is 9.84 Å². The van der Waals surface area contributed by atoms with E-state index in [9.17, 15) is 18.4 Å². The molecule has 7 heteroatoms. The lowest BCUT2D eigenvalue weighted by atomic mass is 10.2. The molecule has 0 saturated carbocycles. The minimum absolute atomic E-state index is 0.0802. The Balaban J connectivity index is 2.43. The molecule has 5 nitrogen and oxygen atoms in total. The summed E-state index contributed by atoms with van der Waals surface area (Å²) in [5, 5.41) is 8.83. The lowest BCUT2D eigenvalue weighted by Gasteiger charge is -2.22. The van der Waals surface area contributed by atoms with Crippen LogP contribution in [0.1, 0.15) is 26.7 Å². The number of amides is 1. The van der Waals surface area contributed by atoms with Gasteiger partial charge < -0.3 is 14.7 Å². The first-order valence-electron chi connectivity index (χ1n) is 7.37. The van der Waals surface area contributed by atoms with E-state index in [1.165, 1.54) is 11.0 Å². The molecule has 1 rings (SSSR count). The molecule has 128 valence electrons. The zero-order chi connectivity index (χ0) is 17.4. The number of nitrogens with zero attached hydrogens (tertiary/aromatic N) is 1. The lowest BCUT2D eigenvalue weighted by molar-refractivity contribution is -0.144. The van der Waals surface area contributed by atoms with Crippen LogP contribution in [0.4, 0.5) is 8.78 Å². The number of carboxylic acids is 1. The van der Waals surface area contributed by atoms with Gasteiger partial charge in [-0.2, -0.15) is 0 Å². The molecule has 0 aliphatic rings. The predicted octanol–water partition coefficient (Wildman–Crippen LogP) is 2.69. The molecule has 0 saturated heterocycles. The van der Waals surface area contributed by atoms with Gasteiger partial charge in [0, 0.05) is 19.0 Å². The number of ether oxygens (including phenoxy) is 1. The van der Waals surface area contributed by atoms with Crippen molar-refractivity contribution in [1.82, 2.24) is 4.90 Å². The first kappa shape index (κ1) is 18.9. The summed E-state index contributed by atoms with van der Waals surface area (Å²) in [5.74, 6) is -2.77. The third kappa shape index (κ3) is 7.08. The van der Waals surface area contributed by atoms with Crippen LogP contribution in [-0.2, 0) is 9.59 Å². The van der Waals surface area contributed by atoms with Gasteiger partial charge in [0.1, 0.15) is 12.4 Å². The maximum absolute atomic E-state index is 13.3. The van der Waals surface area contributed by atoms with Gasteiger partial charge in [0.2, 0.25) is 5.91 Å². The monoisotopic (exact) mass is 329 g/mol. The molecule has 0 aliphatic heterocycles. The van der Waals surface area contributed by atoms with Gasteiger partial charge in [-0.3, -0.25) is 9.59 Å². The molecule has 0 unspecified atom stereocenters. The number of hydrogen-bond acceptors (Lipinski definition) is 3. The summed E-state index contributed by atoms with van der Waals surface area (Å²) < 4.78 is 31.2. The topological polar surface area (TPSA) is 66.8 Å². The van der Waals surface area contributed by atoms with Gasteiger partial charge in [-0.25, -0.2) is 8.78 Å². The standard InChI is InChI=1S/C16H21F2NO4/c1-11(2)9-19(10-16(21)22)15(20)4-3-7-23-14-6-5-12(17)8-13(14)18/h5-6,8,11H,3-4,7,9-10H2,1-2H3,(H,21,22). The molecular weight excluding hydrogens is 308 g/mol. The summed E-state index contributed by atoms with van der Waals surface area (Å²) in [6, 6.07) is 2.99. The minimum atomic E-state index is -1.07. The van der Waals surface area contributed by atoms with E-state index in [1.54, 1.807) is 0 Å². The van der Waals surface area contributed by atoms with Crippen molar-refractivity contribution in [2.45, 2.75) is 26.7 Å². The highest BCUT2D eigenvalue weighted by Gasteiger charge is 2.17. The van der Waals surface area contributed by atoms with Crippen molar-refractivity contribution >= 4 is 11.9 Å². The Morgan fingerprint density at radius 3 is 2.57 bits per heavy atom. The van der Waals surface area contributed by atoms with Crippen LogP contribution in [0.25, 0.3) is 0 Å². The summed E-state index contributed by atoms with van der Waals surface area (Å²) >= 11 is 0. The van der Waals surface area contributed by atoms with Crippen molar-refractivity contribution in [2.75, 3.05) is 19.7 Å². The van der Waals surface area contributed by atoms with Crippen LogP contribution in [0.15, 0.2) is 18.2 Å². The van der Waals surface area contributed by atoms with Gasteiger partial charge in [0.05, 0.1) is 6.61 Å². The maximum Gasteiger partial charge on any atom is 0.323 e. The fourth-order valence-electron chi connectivity index (χ4n) is 2.01. The van der Waals surface area contributed by atoms with Crippen molar-refractivity contribution in [3.8, 4) is 5.75 Å². The van der Waals surface area contributed by atoms with E-state index in [0.29, 0.717) is 13.0 Å². The Kier molecular flexibility index (Phi) is 7.44. The Morgan fingerprint density at radius 2 is 2.00 bits per heavy atom. The summed E-state index contributed by atoms with van der Waals surface area (Å²) in [6.45, 7) is 3.88. The SMILES string of the molecule is CC(C)CN(CC(=O)O)C(=O)CCCOc1ccc(F)cc1F. The molecule has 0 aromatic heterocycles. The summed E-state index contributed by atoms with van der Waals surface area (Å²) in [7, 11) is 0. The molecule has 1 aromatic carbocycles. The first-order valence-corrected chi connectivity index (χ1v) is 7.37. The third-order valence-corrected chi connectivity index (χ3v) is 2.95. The second kappa shape index (κ2) is 9.07. The van der Waals surface area contributed by atoms with Crippen molar-refractivity contribution < 1.29 is 28.2 Å². The van der Waals surface area contributed by atoms with Crippen molar-refractivity contribution in [3.63, 3.8) is 0 Å². The fourth-order valence-corrected chi connectivity index (χ4v) is 2.01. The van der Waals surface area contributed by atoms with E-state index in [2.05, 4.69) is 0 Å². The molecule has 1 aromatic rings. The van der Waals surface area contributed by atoms with Crippen molar-refractivity contribution in [3.05, 3.63) is 29.8 Å². The Labute approximate surface area is 133 Å². The third-order valence-electron chi connectivity index (χ3n) is 2.95. The second-order valence-corrected chi connectivity index (χ2v) is 5.59. The van der Waals surface area contributed by atoms with Crippen LogP contribution in [-0.4, -0.2) is 41.6 Å². The first-order chi connectivity index (χ1) is 10.8. The largest absolute Gasteiger partial charge is 0.491 e. The number of hydrogen-bond donors (Lipinski definition) is 1. The highest BCUT2D eigenvalue weighted by Crippen LogP contribution is 2.17. The average molecular weight is 329 g/mol. The second-order valence-electron chi connectivity index (χ2n) is 5.59. The zero-order valence-corrected chi connectivity index (χ0v) is 13.2. The summed E-state index contributed by atoms with van der Waals surface area (Å²) in [6.07, 6.45) is 0.409. The number of aliphatic carboxylic acids is 1. The van der Waals surface area contributed by atoms with E-state index in [0.717, 1.165) is 12.1 Å². The van der Waals surface area contributed by atoms with Gasteiger partial charge in [0.25, 0.3) is 0 Å². The highest BCUT2D eigenvalue weighted by atomic mass is 19.1. The lowest BCUT2D eigenvalue weighted by Crippen LogP contribution is -2.38. The summed E-state index contributed by atoms with van der Waals surface area (Å²) in [5.41, 5.74) is 0. The minimum Gasteiger partial charge on any atom is -0.491 e. The molecule has 1 N–H and O–H groups in total. The Bertz CT molecular complexity index is 549. The normalized spacial score (nSPS) is 10.7. The molecule has 0 bridgehead atoms. The van der Waals surface area contributed by atoms with Crippen LogP contribution in [0.2, 0.25) is 0 Å². The van der Waals surface area contributed by atoms with E-state index in [-0.39, 0.29) is 37.1 Å². The number of benzene rings is 1. The molecule has 0 aliphatic carbocycles. The van der Waals surface area contributed by atoms with Gasteiger partial charge in [-0.15, -0.1) is 0 Å². The molecule has 1 amide bonds. The van der Waals surface area contributed by atoms with E-state index >= 15 is 0 Å². The van der Waals surface area contributed by atoms with Crippen LogP contribution < -0.4 is 4.74 Å². The quantitative estimate of drug-likeness (QED) is 0.707. The predicted molar refractivity (Wildman–Crippen MR) is 80.1 cm³/mol. The molecule has 0 atom stereocenters. The number of carbonyl (C=O) groups excluding carboxylic acids is 1. The number of halogens is 2. The van der Waals surface area contributed by atoms with Crippen LogP contribution >= 0.6 is 0 Å². The summed E-state index contributed by atoms with van der Waals surface area (Å²) in [4.78, 5) is 24.1.